The van der Waals surface area contributed by atoms with E-state index in [0.29, 0.717) is 6.42 Å². The van der Waals surface area contributed by atoms with E-state index in [1.165, 1.54) is 10.5 Å². The van der Waals surface area contributed by atoms with Crippen molar-refractivity contribution in [1.82, 2.24) is 0 Å². The number of carboxylic acid groups (broad SMARTS) is 1. The third kappa shape index (κ3) is 5.94. The summed E-state index contributed by atoms with van der Waals surface area (Å²) in [6.45, 7) is 4.27. The van der Waals surface area contributed by atoms with Crippen LogP contribution in [0, 0.1) is 0 Å². The average Bonchev–Trinajstić information content (AvgIpc) is 2.38. The van der Waals surface area contributed by atoms with Gasteiger partial charge in [0.05, 0.1) is 0 Å². The summed E-state index contributed by atoms with van der Waals surface area (Å²) in [5.74, 6) is 0.0285. The van der Waals surface area contributed by atoms with E-state index >= 15 is 0 Å². The third-order valence-electron chi connectivity index (χ3n) is 2.72. The summed E-state index contributed by atoms with van der Waals surface area (Å²) in [5.41, 5.74) is 7.84. The number of hydrogen-bond acceptors (Lipinski definition) is 3. The first-order chi connectivity index (χ1) is 9.02. The molecule has 0 aromatic heterocycles. The average molecular weight is 279 g/mol. The van der Waals surface area contributed by atoms with Crippen LogP contribution in [0.25, 0.3) is 0 Å². The highest BCUT2D eigenvalue weighted by molar-refractivity contribution is 7.99. The van der Waals surface area contributed by atoms with Gasteiger partial charge >= 0.3 is 5.97 Å². The van der Waals surface area contributed by atoms with Gasteiger partial charge in [0.2, 0.25) is 0 Å². The van der Waals surface area contributed by atoms with Gasteiger partial charge in [-0.3, -0.25) is 4.79 Å². The van der Waals surface area contributed by atoms with Crippen molar-refractivity contribution in [3.8, 4) is 0 Å². The molecule has 0 aliphatic rings. The van der Waals surface area contributed by atoms with Crippen LogP contribution in [0.2, 0.25) is 0 Å². The lowest BCUT2D eigenvalue weighted by atomic mass is 10.1. The number of rotatable bonds is 7. The topological polar surface area (TPSA) is 63.3 Å². The zero-order valence-electron chi connectivity index (χ0n) is 11.4. The van der Waals surface area contributed by atoms with E-state index in [9.17, 15) is 4.79 Å². The monoisotopic (exact) mass is 279 g/mol. The van der Waals surface area contributed by atoms with Gasteiger partial charge in [-0.2, -0.15) is 0 Å². The Bertz CT molecular complexity index is 440. The van der Waals surface area contributed by atoms with Crippen molar-refractivity contribution in [3.05, 3.63) is 41.5 Å². The Labute approximate surface area is 118 Å². The lowest BCUT2D eigenvalue weighted by Gasteiger charge is -2.07. The number of thioether (sulfide) groups is 1. The molecule has 0 saturated heterocycles. The fourth-order valence-corrected chi connectivity index (χ4v) is 2.51. The largest absolute Gasteiger partial charge is 0.480 e. The lowest BCUT2D eigenvalue weighted by Crippen LogP contribution is -2.32. The summed E-state index contributed by atoms with van der Waals surface area (Å²) in [6, 6.07) is 7.11. The number of nitrogens with two attached hydrogens (primary N) is 1. The van der Waals surface area contributed by atoms with Crippen LogP contribution < -0.4 is 5.73 Å². The summed E-state index contributed by atoms with van der Waals surface area (Å²) in [7, 11) is 0. The summed E-state index contributed by atoms with van der Waals surface area (Å²) in [4.78, 5) is 11.9. The minimum absolute atomic E-state index is 0.370. The van der Waals surface area contributed by atoms with Gasteiger partial charge in [0.25, 0.3) is 0 Å². The van der Waals surface area contributed by atoms with E-state index < -0.39 is 12.0 Å². The molecule has 0 spiro atoms. The van der Waals surface area contributed by atoms with Crippen LogP contribution in [-0.4, -0.2) is 22.9 Å². The molecule has 0 saturated carbocycles. The highest BCUT2D eigenvalue weighted by atomic mass is 32.2. The zero-order chi connectivity index (χ0) is 14.3. The number of carboxylic acids is 1. The maximum absolute atomic E-state index is 10.7. The molecule has 3 nitrogen and oxygen atoms in total. The number of benzene rings is 1. The first-order valence-corrected chi connectivity index (χ1v) is 7.37. The Morgan fingerprint density at radius 3 is 2.58 bits per heavy atom. The van der Waals surface area contributed by atoms with E-state index in [1.54, 1.807) is 11.8 Å². The van der Waals surface area contributed by atoms with Gasteiger partial charge in [0, 0.05) is 10.6 Å². The molecule has 0 heterocycles. The SMILES string of the molecule is CC/C=C(/C)CSc1ccc(CC(N)C(=O)O)cc1. The highest BCUT2D eigenvalue weighted by Gasteiger charge is 2.11. The number of hydrogen-bond donors (Lipinski definition) is 2. The highest BCUT2D eigenvalue weighted by Crippen LogP contribution is 2.21. The van der Waals surface area contributed by atoms with Crippen molar-refractivity contribution in [2.24, 2.45) is 5.73 Å². The van der Waals surface area contributed by atoms with Crippen molar-refractivity contribution in [1.29, 1.82) is 0 Å². The second kappa shape index (κ2) is 8.02. The molecule has 104 valence electrons. The van der Waals surface area contributed by atoms with Gasteiger partial charge in [0.1, 0.15) is 6.04 Å². The maximum Gasteiger partial charge on any atom is 0.320 e. The Morgan fingerprint density at radius 2 is 2.05 bits per heavy atom. The first kappa shape index (κ1) is 15.8. The molecule has 19 heavy (non-hydrogen) atoms. The van der Waals surface area contributed by atoms with Crippen molar-refractivity contribution < 1.29 is 9.90 Å². The molecule has 0 bridgehead atoms. The number of allylic oxidation sites excluding steroid dienone is 1. The molecule has 4 heteroatoms. The normalized spacial score (nSPS) is 13.3. The second-order valence-electron chi connectivity index (χ2n) is 4.54. The van der Waals surface area contributed by atoms with Crippen molar-refractivity contribution in [3.63, 3.8) is 0 Å². The van der Waals surface area contributed by atoms with Crippen molar-refractivity contribution in [2.45, 2.75) is 37.6 Å². The van der Waals surface area contributed by atoms with Crippen LogP contribution in [0.1, 0.15) is 25.8 Å². The molecule has 0 radical (unpaired) electrons. The molecule has 1 rings (SSSR count). The predicted octanol–water partition coefficient (Wildman–Crippen LogP) is 3.09. The molecule has 1 atom stereocenters. The zero-order valence-corrected chi connectivity index (χ0v) is 12.2. The fraction of sp³-hybridized carbons (Fsp3) is 0.400. The van der Waals surface area contributed by atoms with Crippen LogP contribution in [0.5, 0.6) is 0 Å². The second-order valence-corrected chi connectivity index (χ2v) is 5.59. The molecule has 1 aromatic carbocycles. The van der Waals surface area contributed by atoms with Gasteiger partial charge in [-0.05, 0) is 37.5 Å². The standard InChI is InChI=1S/C15H21NO2S/c1-3-4-11(2)10-19-13-7-5-12(6-8-13)9-14(16)15(17)18/h4-8,14H,3,9-10,16H2,1-2H3,(H,17,18)/b11-4-. The molecular formula is C15H21NO2S. The number of carbonyl (C=O) groups is 1. The summed E-state index contributed by atoms with van der Waals surface area (Å²) >= 11 is 1.79. The van der Waals surface area contributed by atoms with Crippen molar-refractivity contribution >= 4 is 17.7 Å². The quantitative estimate of drug-likeness (QED) is 0.594. The van der Waals surface area contributed by atoms with E-state index in [2.05, 4.69) is 19.9 Å². The van der Waals surface area contributed by atoms with Crippen LogP contribution >= 0.6 is 11.8 Å². The first-order valence-electron chi connectivity index (χ1n) is 6.38. The van der Waals surface area contributed by atoms with Crippen LogP contribution in [0.15, 0.2) is 40.8 Å². The van der Waals surface area contributed by atoms with Crippen LogP contribution in [0.3, 0.4) is 0 Å². The Morgan fingerprint density at radius 1 is 1.42 bits per heavy atom. The minimum Gasteiger partial charge on any atom is -0.480 e. The van der Waals surface area contributed by atoms with Gasteiger partial charge in [-0.15, -0.1) is 11.8 Å². The van der Waals surface area contributed by atoms with Gasteiger partial charge in [0.15, 0.2) is 0 Å². The number of aliphatic carboxylic acids is 1. The molecule has 0 fully saturated rings. The minimum atomic E-state index is -0.959. The smallest absolute Gasteiger partial charge is 0.320 e. The van der Waals surface area contributed by atoms with E-state index in [4.69, 9.17) is 10.8 Å². The fourth-order valence-electron chi connectivity index (χ4n) is 1.67. The summed E-state index contributed by atoms with van der Waals surface area (Å²) in [5, 5.41) is 8.76. The molecule has 3 N–H and O–H groups in total. The molecule has 0 aliphatic heterocycles. The van der Waals surface area contributed by atoms with E-state index in [-0.39, 0.29) is 0 Å². The third-order valence-corrected chi connectivity index (χ3v) is 3.92. The van der Waals surface area contributed by atoms with Gasteiger partial charge in [-0.25, -0.2) is 0 Å². The van der Waals surface area contributed by atoms with Crippen LogP contribution in [0.4, 0.5) is 0 Å². The lowest BCUT2D eigenvalue weighted by molar-refractivity contribution is -0.138. The Balaban J connectivity index is 2.52. The Hall–Kier alpha value is -1.26. The molecule has 0 amide bonds. The molecule has 1 unspecified atom stereocenters. The Kier molecular flexibility index (Phi) is 6.67. The van der Waals surface area contributed by atoms with Crippen LogP contribution in [-0.2, 0) is 11.2 Å². The molecule has 0 aliphatic carbocycles. The van der Waals surface area contributed by atoms with E-state index in [0.717, 1.165) is 17.7 Å². The molecule has 1 aromatic rings. The van der Waals surface area contributed by atoms with Gasteiger partial charge in [-0.1, -0.05) is 30.7 Å². The van der Waals surface area contributed by atoms with Crippen molar-refractivity contribution in [2.75, 3.05) is 5.75 Å². The maximum atomic E-state index is 10.7. The van der Waals surface area contributed by atoms with Gasteiger partial charge < -0.3 is 10.8 Å². The molecular weight excluding hydrogens is 258 g/mol. The van der Waals surface area contributed by atoms with E-state index in [1.807, 2.05) is 24.3 Å². The predicted molar refractivity (Wildman–Crippen MR) is 80.5 cm³/mol. The summed E-state index contributed by atoms with van der Waals surface area (Å²) in [6.07, 6.45) is 3.67. The summed E-state index contributed by atoms with van der Waals surface area (Å²) < 4.78 is 0.